The molecule has 0 unspecified atom stereocenters. The lowest BCUT2D eigenvalue weighted by Crippen LogP contribution is -2.45. The summed E-state index contributed by atoms with van der Waals surface area (Å²) in [4.78, 5) is 4.07. The van der Waals surface area contributed by atoms with Gasteiger partial charge in [-0.25, -0.2) is 0 Å². The van der Waals surface area contributed by atoms with Crippen LogP contribution in [0.25, 0.3) is 0 Å². The molecule has 2 heterocycles. The lowest BCUT2D eigenvalue weighted by atomic mass is 9.92. The van der Waals surface area contributed by atoms with E-state index in [0.29, 0.717) is 5.92 Å². The zero-order valence-electron chi connectivity index (χ0n) is 10.6. The van der Waals surface area contributed by atoms with Gasteiger partial charge in [-0.15, -0.1) is 10.2 Å². The van der Waals surface area contributed by atoms with Crippen LogP contribution in [-0.2, 0) is 7.05 Å². The quantitative estimate of drug-likeness (QED) is 0.717. The van der Waals surface area contributed by atoms with Gasteiger partial charge in [-0.2, -0.15) is 4.80 Å². The number of hydrogen-bond acceptors (Lipinski definition) is 4. The highest BCUT2D eigenvalue weighted by Gasteiger charge is 2.29. The highest BCUT2D eigenvalue weighted by Crippen LogP contribution is 2.28. The van der Waals surface area contributed by atoms with Crippen molar-refractivity contribution in [2.45, 2.75) is 45.1 Å². The molecule has 0 atom stereocenters. The van der Waals surface area contributed by atoms with Gasteiger partial charge in [0.15, 0.2) is 5.82 Å². The summed E-state index contributed by atoms with van der Waals surface area (Å²) in [6, 6.07) is 0. The molecule has 1 aromatic heterocycles. The minimum atomic E-state index is 0.279. The second-order valence-electron chi connectivity index (χ2n) is 5.57. The standard InChI is InChI=1S/C11H21N5/c1-11(2,3)16-7-5-9(6-8-16)10-12-14-15(4)13-10/h9H,5-8H2,1-4H3. The average molecular weight is 223 g/mol. The summed E-state index contributed by atoms with van der Waals surface area (Å²) >= 11 is 0. The van der Waals surface area contributed by atoms with Crippen molar-refractivity contribution in [2.24, 2.45) is 7.05 Å². The zero-order chi connectivity index (χ0) is 11.8. The van der Waals surface area contributed by atoms with Gasteiger partial charge in [0, 0.05) is 11.5 Å². The van der Waals surface area contributed by atoms with E-state index in [0.717, 1.165) is 31.8 Å². The van der Waals surface area contributed by atoms with Crippen LogP contribution in [0.5, 0.6) is 0 Å². The molecule has 90 valence electrons. The molecule has 0 saturated carbocycles. The molecular formula is C11H21N5. The van der Waals surface area contributed by atoms with Gasteiger partial charge in [-0.1, -0.05) is 0 Å². The molecule has 0 bridgehead atoms. The van der Waals surface area contributed by atoms with Crippen LogP contribution in [0.4, 0.5) is 0 Å². The molecule has 0 amide bonds. The van der Waals surface area contributed by atoms with Gasteiger partial charge >= 0.3 is 0 Å². The number of likely N-dealkylation sites (tertiary alicyclic amines) is 1. The summed E-state index contributed by atoms with van der Waals surface area (Å²) in [6.07, 6.45) is 2.28. The number of hydrogen-bond donors (Lipinski definition) is 0. The van der Waals surface area contributed by atoms with Crippen LogP contribution in [-0.4, -0.2) is 43.7 Å². The molecule has 0 spiro atoms. The summed E-state index contributed by atoms with van der Waals surface area (Å²) in [6.45, 7) is 9.08. The number of rotatable bonds is 1. The molecule has 0 N–H and O–H groups in total. The van der Waals surface area contributed by atoms with Gasteiger partial charge in [-0.05, 0) is 51.9 Å². The third kappa shape index (κ3) is 2.40. The first-order valence-corrected chi connectivity index (χ1v) is 5.96. The third-order valence-electron chi connectivity index (χ3n) is 3.33. The van der Waals surface area contributed by atoms with Crippen LogP contribution < -0.4 is 0 Å². The number of aromatic nitrogens is 4. The molecule has 1 aliphatic heterocycles. The molecular weight excluding hydrogens is 202 g/mol. The fourth-order valence-corrected chi connectivity index (χ4v) is 2.27. The minimum absolute atomic E-state index is 0.279. The topological polar surface area (TPSA) is 46.8 Å². The lowest BCUT2D eigenvalue weighted by molar-refractivity contribution is 0.101. The smallest absolute Gasteiger partial charge is 0.177 e. The Hall–Kier alpha value is -0.970. The van der Waals surface area contributed by atoms with E-state index in [9.17, 15) is 0 Å². The van der Waals surface area contributed by atoms with Crippen LogP contribution >= 0.6 is 0 Å². The first kappa shape index (κ1) is 11.5. The molecule has 16 heavy (non-hydrogen) atoms. The minimum Gasteiger partial charge on any atom is -0.298 e. The second kappa shape index (κ2) is 4.13. The van der Waals surface area contributed by atoms with Gasteiger partial charge < -0.3 is 0 Å². The molecule has 1 fully saturated rings. The summed E-state index contributed by atoms with van der Waals surface area (Å²) in [5, 5.41) is 12.3. The Labute approximate surface area is 96.8 Å². The summed E-state index contributed by atoms with van der Waals surface area (Å²) in [7, 11) is 1.82. The van der Waals surface area contributed by atoms with Crippen molar-refractivity contribution >= 4 is 0 Å². The maximum Gasteiger partial charge on any atom is 0.177 e. The van der Waals surface area contributed by atoms with E-state index in [1.54, 1.807) is 4.80 Å². The highest BCUT2D eigenvalue weighted by molar-refractivity contribution is 4.96. The normalized spacial score (nSPS) is 20.2. The van der Waals surface area contributed by atoms with Crippen molar-refractivity contribution in [2.75, 3.05) is 13.1 Å². The maximum absolute atomic E-state index is 4.30. The van der Waals surface area contributed by atoms with E-state index in [4.69, 9.17) is 0 Å². The Morgan fingerprint density at radius 2 is 1.81 bits per heavy atom. The van der Waals surface area contributed by atoms with E-state index in [2.05, 4.69) is 41.1 Å². The summed E-state index contributed by atoms with van der Waals surface area (Å²) < 4.78 is 0. The lowest BCUT2D eigenvalue weighted by Gasteiger charge is -2.40. The molecule has 1 aromatic rings. The van der Waals surface area contributed by atoms with Crippen molar-refractivity contribution in [3.05, 3.63) is 5.82 Å². The molecule has 0 radical (unpaired) electrons. The number of tetrazole rings is 1. The molecule has 0 aromatic carbocycles. The SMILES string of the molecule is Cn1nnc(C2CCN(C(C)(C)C)CC2)n1. The molecule has 1 saturated heterocycles. The van der Waals surface area contributed by atoms with Gasteiger partial charge in [0.25, 0.3) is 0 Å². The molecule has 0 aliphatic carbocycles. The Bertz CT molecular complexity index is 344. The van der Waals surface area contributed by atoms with Crippen LogP contribution in [0.1, 0.15) is 45.4 Å². The van der Waals surface area contributed by atoms with Crippen LogP contribution in [0, 0.1) is 0 Å². The predicted octanol–water partition coefficient (Wildman–Crippen LogP) is 1.19. The zero-order valence-corrected chi connectivity index (χ0v) is 10.6. The monoisotopic (exact) mass is 223 g/mol. The second-order valence-corrected chi connectivity index (χ2v) is 5.57. The number of aryl methyl sites for hydroxylation is 1. The van der Waals surface area contributed by atoms with Crippen molar-refractivity contribution in [1.82, 2.24) is 25.1 Å². The molecule has 1 aliphatic rings. The van der Waals surface area contributed by atoms with Gasteiger partial charge in [0.2, 0.25) is 0 Å². The fourth-order valence-electron chi connectivity index (χ4n) is 2.27. The summed E-state index contributed by atoms with van der Waals surface area (Å²) in [5.41, 5.74) is 0.279. The highest BCUT2D eigenvalue weighted by atomic mass is 15.6. The fraction of sp³-hybridized carbons (Fsp3) is 0.909. The number of piperidine rings is 1. The van der Waals surface area contributed by atoms with Gasteiger partial charge in [-0.3, -0.25) is 4.90 Å². The first-order chi connectivity index (χ1) is 7.47. The van der Waals surface area contributed by atoms with Gasteiger partial charge in [0.05, 0.1) is 7.05 Å². The summed E-state index contributed by atoms with van der Waals surface area (Å²) in [5.74, 6) is 1.41. The van der Waals surface area contributed by atoms with Crippen molar-refractivity contribution < 1.29 is 0 Å². The largest absolute Gasteiger partial charge is 0.298 e. The van der Waals surface area contributed by atoms with E-state index < -0.39 is 0 Å². The Morgan fingerprint density at radius 3 is 2.25 bits per heavy atom. The molecule has 5 heteroatoms. The Balaban J connectivity index is 1.95. The first-order valence-electron chi connectivity index (χ1n) is 5.96. The van der Waals surface area contributed by atoms with Crippen molar-refractivity contribution in [3.63, 3.8) is 0 Å². The predicted molar refractivity (Wildman–Crippen MR) is 62.1 cm³/mol. The molecule has 2 rings (SSSR count). The van der Waals surface area contributed by atoms with Crippen molar-refractivity contribution in [1.29, 1.82) is 0 Å². The Kier molecular flexibility index (Phi) is 2.97. The van der Waals surface area contributed by atoms with E-state index in [1.807, 2.05) is 7.05 Å². The number of nitrogens with zero attached hydrogens (tertiary/aromatic N) is 5. The van der Waals surface area contributed by atoms with Gasteiger partial charge in [0.1, 0.15) is 0 Å². The molecule has 5 nitrogen and oxygen atoms in total. The van der Waals surface area contributed by atoms with E-state index in [-0.39, 0.29) is 5.54 Å². The Morgan fingerprint density at radius 1 is 1.19 bits per heavy atom. The van der Waals surface area contributed by atoms with Crippen LogP contribution in [0.15, 0.2) is 0 Å². The maximum atomic E-state index is 4.30. The third-order valence-corrected chi connectivity index (χ3v) is 3.33. The average Bonchev–Trinajstić information content (AvgIpc) is 2.64. The van der Waals surface area contributed by atoms with Crippen LogP contribution in [0.3, 0.4) is 0 Å². The van der Waals surface area contributed by atoms with E-state index in [1.165, 1.54) is 0 Å². The van der Waals surface area contributed by atoms with Crippen molar-refractivity contribution in [3.8, 4) is 0 Å². The van der Waals surface area contributed by atoms with E-state index >= 15 is 0 Å². The van der Waals surface area contributed by atoms with Crippen LogP contribution in [0.2, 0.25) is 0 Å².